The van der Waals surface area contributed by atoms with Gasteiger partial charge in [-0.15, -0.1) is 0 Å². The van der Waals surface area contributed by atoms with Crippen LogP contribution in [-0.2, 0) is 14.3 Å². The maximum atomic E-state index is 12.5. The van der Waals surface area contributed by atoms with E-state index in [1.54, 1.807) is 6.08 Å². The molecule has 0 aliphatic rings. The summed E-state index contributed by atoms with van der Waals surface area (Å²) in [7, 11) is 0. The van der Waals surface area contributed by atoms with Crippen LogP contribution >= 0.6 is 0 Å². The SMILES string of the molecule is CCCCCCCC/C=C\CCCCCCCCCC(=O)OCCCCCCCCCCCCCC/C=C\CCCCCCCCCCCCCCCCCCC(=O)NC(CO)C(O)/C=C/CCCCCCCCCCCCCCCCCCCCC. The van der Waals surface area contributed by atoms with Crippen LogP contribution in [0.5, 0.6) is 0 Å². The van der Waals surface area contributed by atoms with Gasteiger partial charge in [0.05, 0.1) is 25.4 Å². The zero-order valence-electron chi connectivity index (χ0n) is 59.0. The lowest BCUT2D eigenvalue weighted by Crippen LogP contribution is -2.45. The number of esters is 1. The summed E-state index contributed by atoms with van der Waals surface area (Å²) in [6, 6.07) is -0.627. The molecule has 6 heteroatoms. The highest BCUT2D eigenvalue weighted by Gasteiger charge is 2.18. The molecule has 87 heavy (non-hydrogen) atoms. The van der Waals surface area contributed by atoms with Crippen molar-refractivity contribution >= 4 is 11.9 Å². The fourth-order valence-electron chi connectivity index (χ4n) is 12.6. The number of hydrogen-bond donors (Lipinski definition) is 3. The summed E-state index contributed by atoms with van der Waals surface area (Å²) in [6.07, 6.45) is 99.8. The van der Waals surface area contributed by atoms with Gasteiger partial charge in [0.2, 0.25) is 5.91 Å². The van der Waals surface area contributed by atoms with Crippen LogP contribution < -0.4 is 5.32 Å². The molecule has 0 rings (SSSR count). The number of ether oxygens (including phenoxy) is 1. The van der Waals surface area contributed by atoms with E-state index in [-0.39, 0.29) is 18.5 Å². The number of unbranched alkanes of at least 4 members (excludes halogenated alkanes) is 60. The summed E-state index contributed by atoms with van der Waals surface area (Å²) in [5.41, 5.74) is 0. The van der Waals surface area contributed by atoms with Crippen molar-refractivity contribution in [2.45, 2.75) is 456 Å². The van der Waals surface area contributed by atoms with Gasteiger partial charge in [-0.2, -0.15) is 0 Å². The Labute approximate surface area is 544 Å². The van der Waals surface area contributed by atoms with Crippen molar-refractivity contribution in [3.05, 3.63) is 36.5 Å². The fraction of sp³-hybridized carbons (Fsp3) is 0.901. The molecule has 0 aromatic carbocycles. The third kappa shape index (κ3) is 73.0. The molecule has 0 aliphatic carbocycles. The zero-order chi connectivity index (χ0) is 62.8. The maximum Gasteiger partial charge on any atom is 0.305 e. The second-order valence-corrected chi connectivity index (χ2v) is 27.4. The number of amides is 1. The van der Waals surface area contributed by atoms with Crippen molar-refractivity contribution in [3.63, 3.8) is 0 Å². The summed E-state index contributed by atoms with van der Waals surface area (Å²) < 4.78 is 5.51. The van der Waals surface area contributed by atoms with Gasteiger partial charge in [-0.1, -0.05) is 384 Å². The van der Waals surface area contributed by atoms with Gasteiger partial charge in [-0.3, -0.25) is 9.59 Å². The molecule has 2 atom stereocenters. The first kappa shape index (κ1) is 85.1. The van der Waals surface area contributed by atoms with Gasteiger partial charge in [0, 0.05) is 12.8 Å². The smallest absolute Gasteiger partial charge is 0.305 e. The molecule has 0 heterocycles. The van der Waals surface area contributed by atoms with E-state index in [9.17, 15) is 19.8 Å². The first-order chi connectivity index (χ1) is 43.0. The molecule has 0 spiro atoms. The van der Waals surface area contributed by atoms with Crippen LogP contribution in [0.4, 0.5) is 0 Å². The van der Waals surface area contributed by atoms with Crippen molar-refractivity contribution < 1.29 is 24.5 Å². The Morgan fingerprint density at radius 2 is 0.540 bits per heavy atom. The van der Waals surface area contributed by atoms with Crippen LogP contribution in [0.1, 0.15) is 444 Å². The molecule has 0 aromatic heterocycles. The highest BCUT2D eigenvalue weighted by atomic mass is 16.5. The number of carbonyl (C=O) groups excluding carboxylic acids is 2. The highest BCUT2D eigenvalue weighted by Crippen LogP contribution is 2.19. The summed E-state index contributed by atoms with van der Waals surface area (Å²) in [6.45, 7) is 4.95. The molecule has 514 valence electrons. The van der Waals surface area contributed by atoms with Gasteiger partial charge in [-0.25, -0.2) is 0 Å². The number of carbonyl (C=O) groups is 2. The van der Waals surface area contributed by atoms with E-state index >= 15 is 0 Å². The molecule has 0 aromatic rings. The third-order valence-electron chi connectivity index (χ3n) is 18.6. The quantitative estimate of drug-likeness (QED) is 0.0320. The molecule has 0 radical (unpaired) electrons. The highest BCUT2D eigenvalue weighted by molar-refractivity contribution is 5.76. The summed E-state index contributed by atoms with van der Waals surface area (Å²) >= 11 is 0. The van der Waals surface area contributed by atoms with Crippen LogP contribution in [0.2, 0.25) is 0 Å². The van der Waals surface area contributed by atoms with Gasteiger partial charge in [0.15, 0.2) is 0 Å². The van der Waals surface area contributed by atoms with E-state index in [0.717, 1.165) is 44.9 Å². The Kier molecular flexibility index (Phi) is 74.8. The Balaban J connectivity index is 3.37. The molecule has 0 fully saturated rings. The van der Waals surface area contributed by atoms with E-state index in [1.807, 2.05) is 6.08 Å². The van der Waals surface area contributed by atoms with Gasteiger partial charge in [0.1, 0.15) is 0 Å². The minimum atomic E-state index is -0.844. The lowest BCUT2D eigenvalue weighted by Gasteiger charge is -2.20. The van der Waals surface area contributed by atoms with Crippen LogP contribution in [0.3, 0.4) is 0 Å². The average molecular weight is 1220 g/mol. The number of allylic oxidation sites excluding steroid dienone is 5. The van der Waals surface area contributed by atoms with Crippen molar-refractivity contribution in [1.29, 1.82) is 0 Å². The Morgan fingerprint density at radius 3 is 0.816 bits per heavy atom. The molecular weight excluding hydrogens is 1070 g/mol. The minimum absolute atomic E-state index is 0.0154. The molecular formula is C81H155NO5. The third-order valence-corrected chi connectivity index (χ3v) is 18.6. The largest absolute Gasteiger partial charge is 0.466 e. The predicted octanol–water partition coefficient (Wildman–Crippen LogP) is 26.2. The van der Waals surface area contributed by atoms with Gasteiger partial charge in [-0.05, 0) is 83.5 Å². The van der Waals surface area contributed by atoms with Crippen LogP contribution in [0.25, 0.3) is 0 Å². The standard InChI is InChI=1S/C81H155NO5/c1-3-5-7-9-11-13-15-17-19-21-22-35-38-42-45-49-53-57-61-65-69-73-79(84)78(77-83)82-80(85)74-70-66-62-58-54-50-46-43-39-36-33-31-29-27-25-23-24-26-28-30-32-34-37-40-44-48-52-56-60-64-68-72-76-87-81(86)75-71-67-63-59-55-51-47-41-20-18-16-14-12-10-8-6-4-2/h18,20,26,28,69,73,78-79,83-84H,3-17,19,21-25,27,29-68,70-72,74-77H2,1-2H3,(H,82,85)/b20-18-,28-26-,73-69+. The second kappa shape index (κ2) is 76.5. The number of aliphatic hydroxyl groups excluding tert-OH is 2. The average Bonchev–Trinajstić information content (AvgIpc) is 3.52. The predicted molar refractivity (Wildman–Crippen MR) is 384 cm³/mol. The van der Waals surface area contributed by atoms with E-state index in [0.29, 0.717) is 19.4 Å². The minimum Gasteiger partial charge on any atom is -0.466 e. The summed E-state index contributed by atoms with van der Waals surface area (Å²) in [5, 5.41) is 23.3. The zero-order valence-corrected chi connectivity index (χ0v) is 59.0. The first-order valence-electron chi connectivity index (χ1n) is 39.8. The lowest BCUT2D eigenvalue weighted by molar-refractivity contribution is -0.143. The second-order valence-electron chi connectivity index (χ2n) is 27.4. The first-order valence-corrected chi connectivity index (χ1v) is 39.8. The molecule has 2 unspecified atom stereocenters. The molecule has 6 nitrogen and oxygen atoms in total. The Hall–Kier alpha value is -1.92. The van der Waals surface area contributed by atoms with Gasteiger partial charge < -0.3 is 20.3 Å². The van der Waals surface area contributed by atoms with E-state index in [1.165, 1.54) is 372 Å². The fourth-order valence-corrected chi connectivity index (χ4v) is 12.6. The Morgan fingerprint density at radius 1 is 0.310 bits per heavy atom. The molecule has 0 aliphatic heterocycles. The van der Waals surface area contributed by atoms with Crippen molar-refractivity contribution in [1.82, 2.24) is 5.32 Å². The molecule has 3 N–H and O–H groups in total. The Bertz CT molecular complexity index is 1410. The number of aliphatic hydroxyl groups is 2. The summed E-state index contributed by atoms with van der Waals surface area (Å²) in [5.74, 6) is -0.0456. The van der Waals surface area contributed by atoms with Crippen molar-refractivity contribution in [2.75, 3.05) is 13.2 Å². The van der Waals surface area contributed by atoms with E-state index < -0.39 is 12.1 Å². The van der Waals surface area contributed by atoms with Crippen LogP contribution in [0, 0.1) is 0 Å². The summed E-state index contributed by atoms with van der Waals surface area (Å²) in [4.78, 5) is 24.6. The lowest BCUT2D eigenvalue weighted by atomic mass is 10.0. The number of rotatable bonds is 75. The van der Waals surface area contributed by atoms with Crippen molar-refractivity contribution in [2.24, 2.45) is 0 Å². The topological polar surface area (TPSA) is 95.9 Å². The number of nitrogens with one attached hydrogen (secondary N) is 1. The van der Waals surface area contributed by atoms with Crippen molar-refractivity contribution in [3.8, 4) is 0 Å². The molecule has 0 bridgehead atoms. The van der Waals surface area contributed by atoms with E-state index in [2.05, 4.69) is 43.5 Å². The van der Waals surface area contributed by atoms with Crippen LogP contribution in [-0.4, -0.2) is 47.4 Å². The molecule has 1 amide bonds. The normalized spacial score (nSPS) is 12.6. The monoisotopic (exact) mass is 1220 g/mol. The van der Waals surface area contributed by atoms with Crippen LogP contribution in [0.15, 0.2) is 36.5 Å². The number of hydrogen-bond acceptors (Lipinski definition) is 5. The maximum absolute atomic E-state index is 12.5. The van der Waals surface area contributed by atoms with Gasteiger partial charge >= 0.3 is 5.97 Å². The molecule has 0 saturated heterocycles. The van der Waals surface area contributed by atoms with E-state index in [4.69, 9.17) is 4.74 Å². The molecule has 0 saturated carbocycles. The van der Waals surface area contributed by atoms with Gasteiger partial charge in [0.25, 0.3) is 0 Å².